The van der Waals surface area contributed by atoms with Crippen molar-refractivity contribution >= 4 is 61.6 Å². The van der Waals surface area contributed by atoms with Crippen LogP contribution in [0.4, 0.5) is 0 Å². The lowest BCUT2D eigenvalue weighted by atomic mass is 9.95. The van der Waals surface area contributed by atoms with E-state index in [0.717, 1.165) is 27.8 Å². The first-order chi connectivity index (χ1) is 15.2. The summed E-state index contributed by atoms with van der Waals surface area (Å²) in [5, 5.41) is 2.05. The third-order valence-electron chi connectivity index (χ3n) is 5.30. The SMILES string of the molecule is COc1ccc2c(Cl)c(C(=O)OCc3cc(=O)oc4cc(C)c(C(C)C)cc34)sc2c1Cl. The van der Waals surface area contributed by atoms with Crippen molar-refractivity contribution < 1.29 is 18.7 Å². The number of ether oxygens (including phenoxy) is 2. The summed E-state index contributed by atoms with van der Waals surface area (Å²) in [6.07, 6.45) is 0. The van der Waals surface area contributed by atoms with E-state index in [-0.39, 0.29) is 16.5 Å². The van der Waals surface area contributed by atoms with E-state index in [1.807, 2.05) is 19.1 Å². The molecule has 0 radical (unpaired) electrons. The van der Waals surface area contributed by atoms with E-state index in [9.17, 15) is 9.59 Å². The Balaban J connectivity index is 1.69. The zero-order valence-corrected chi connectivity index (χ0v) is 20.2. The van der Waals surface area contributed by atoms with Crippen LogP contribution in [0.3, 0.4) is 0 Å². The molecule has 0 aliphatic rings. The summed E-state index contributed by atoms with van der Waals surface area (Å²) in [5.74, 6) is 0.195. The number of hydrogen-bond acceptors (Lipinski definition) is 6. The molecule has 2 aromatic carbocycles. The quantitative estimate of drug-likeness (QED) is 0.220. The van der Waals surface area contributed by atoms with E-state index in [4.69, 9.17) is 37.1 Å². The number of esters is 1. The maximum Gasteiger partial charge on any atom is 0.350 e. The Kier molecular flexibility index (Phi) is 6.21. The van der Waals surface area contributed by atoms with Crippen LogP contribution in [0, 0.1) is 6.92 Å². The third-order valence-corrected chi connectivity index (χ3v) is 7.50. The van der Waals surface area contributed by atoms with E-state index in [1.165, 1.54) is 13.2 Å². The standard InChI is InChI=1S/C24H20Cl2O5S/c1-11(2)15-9-16-13(8-19(27)31-18(16)7-12(15)3)10-30-24(28)23-20(25)14-5-6-17(29-4)21(26)22(14)32-23/h5-9,11H,10H2,1-4H3. The summed E-state index contributed by atoms with van der Waals surface area (Å²) in [6, 6.07) is 8.63. The minimum Gasteiger partial charge on any atom is -0.495 e. The molecule has 0 spiro atoms. The fourth-order valence-corrected chi connectivity index (χ4v) is 5.49. The van der Waals surface area contributed by atoms with E-state index in [0.29, 0.717) is 37.9 Å². The number of hydrogen-bond donors (Lipinski definition) is 0. The van der Waals surface area contributed by atoms with Crippen LogP contribution >= 0.6 is 34.5 Å². The molecule has 4 rings (SSSR count). The van der Waals surface area contributed by atoms with Crippen LogP contribution in [0.2, 0.25) is 10.0 Å². The molecule has 2 aromatic heterocycles. The van der Waals surface area contributed by atoms with Gasteiger partial charge in [-0.15, -0.1) is 11.3 Å². The molecule has 0 fully saturated rings. The molecule has 5 nitrogen and oxygen atoms in total. The topological polar surface area (TPSA) is 65.7 Å². The van der Waals surface area contributed by atoms with Crippen molar-refractivity contribution in [3.63, 3.8) is 0 Å². The number of methoxy groups -OCH3 is 1. The summed E-state index contributed by atoms with van der Waals surface area (Å²) in [4.78, 5) is 25.2. The monoisotopic (exact) mass is 490 g/mol. The molecule has 0 unspecified atom stereocenters. The molecule has 0 saturated heterocycles. The van der Waals surface area contributed by atoms with Crippen LogP contribution in [0.1, 0.15) is 46.1 Å². The fourth-order valence-electron chi connectivity index (χ4n) is 3.71. The van der Waals surface area contributed by atoms with Gasteiger partial charge in [-0.25, -0.2) is 9.59 Å². The smallest absolute Gasteiger partial charge is 0.350 e. The summed E-state index contributed by atoms with van der Waals surface area (Å²) < 4.78 is 16.8. The number of fused-ring (bicyclic) bond motifs is 2. The predicted octanol–water partition coefficient (Wildman–Crippen LogP) is 7.11. The molecule has 0 amide bonds. The molecular weight excluding hydrogens is 471 g/mol. The van der Waals surface area contributed by atoms with Gasteiger partial charge in [0.25, 0.3) is 0 Å². The highest BCUT2D eigenvalue weighted by atomic mass is 35.5. The van der Waals surface area contributed by atoms with Crippen LogP contribution in [0.25, 0.3) is 21.1 Å². The van der Waals surface area contributed by atoms with Gasteiger partial charge in [-0.3, -0.25) is 0 Å². The van der Waals surface area contributed by atoms with Crippen molar-refractivity contribution in [1.82, 2.24) is 0 Å². The molecule has 0 atom stereocenters. The number of thiophene rings is 1. The second-order valence-electron chi connectivity index (χ2n) is 7.73. The lowest BCUT2D eigenvalue weighted by Crippen LogP contribution is -2.08. The zero-order valence-electron chi connectivity index (χ0n) is 17.9. The van der Waals surface area contributed by atoms with Gasteiger partial charge in [-0.05, 0) is 48.2 Å². The summed E-state index contributed by atoms with van der Waals surface area (Å²) >= 11 is 13.9. The molecule has 32 heavy (non-hydrogen) atoms. The Morgan fingerprint density at radius 3 is 2.56 bits per heavy atom. The molecule has 0 aliphatic carbocycles. The second kappa shape index (κ2) is 8.77. The highest BCUT2D eigenvalue weighted by Gasteiger charge is 2.22. The van der Waals surface area contributed by atoms with Gasteiger partial charge in [0.2, 0.25) is 0 Å². The average molecular weight is 491 g/mol. The van der Waals surface area contributed by atoms with Crippen LogP contribution in [-0.2, 0) is 11.3 Å². The normalized spacial score (nSPS) is 11.5. The summed E-state index contributed by atoms with van der Waals surface area (Å²) in [6.45, 7) is 6.07. The Morgan fingerprint density at radius 2 is 1.88 bits per heavy atom. The van der Waals surface area contributed by atoms with Gasteiger partial charge < -0.3 is 13.9 Å². The van der Waals surface area contributed by atoms with Gasteiger partial charge in [0, 0.05) is 22.4 Å². The molecule has 0 saturated carbocycles. The third kappa shape index (κ3) is 3.98. The van der Waals surface area contributed by atoms with Crippen LogP contribution < -0.4 is 10.4 Å². The maximum absolute atomic E-state index is 12.9. The fraction of sp³-hybridized carbons (Fsp3) is 0.250. The largest absolute Gasteiger partial charge is 0.495 e. The number of rotatable bonds is 5. The molecule has 166 valence electrons. The summed E-state index contributed by atoms with van der Waals surface area (Å²) in [5.41, 5.74) is 2.70. The van der Waals surface area contributed by atoms with Crippen molar-refractivity contribution in [3.8, 4) is 5.75 Å². The number of halogens is 2. The Bertz CT molecular complexity index is 1420. The van der Waals surface area contributed by atoms with Crippen LogP contribution in [0.5, 0.6) is 5.75 Å². The summed E-state index contributed by atoms with van der Waals surface area (Å²) in [7, 11) is 1.52. The van der Waals surface area contributed by atoms with E-state index >= 15 is 0 Å². The van der Waals surface area contributed by atoms with Gasteiger partial charge in [-0.1, -0.05) is 37.0 Å². The second-order valence-corrected chi connectivity index (χ2v) is 9.51. The van der Waals surface area contributed by atoms with Crippen LogP contribution in [-0.4, -0.2) is 13.1 Å². The Labute approximate surface area is 198 Å². The van der Waals surface area contributed by atoms with Gasteiger partial charge in [0.15, 0.2) is 0 Å². The molecule has 8 heteroatoms. The van der Waals surface area contributed by atoms with Gasteiger partial charge in [0.05, 0.1) is 16.8 Å². The Hall–Kier alpha value is -2.54. The molecular formula is C24H20Cl2O5S. The first kappa shape index (κ1) is 22.6. The van der Waals surface area contributed by atoms with Crippen molar-refractivity contribution in [2.45, 2.75) is 33.3 Å². The van der Waals surface area contributed by atoms with Crippen LogP contribution in [0.15, 0.2) is 39.5 Å². The van der Waals surface area contributed by atoms with Crippen molar-refractivity contribution in [2.75, 3.05) is 7.11 Å². The van der Waals surface area contributed by atoms with E-state index in [1.54, 1.807) is 12.1 Å². The maximum atomic E-state index is 12.9. The first-order valence-electron chi connectivity index (χ1n) is 9.90. The van der Waals surface area contributed by atoms with E-state index in [2.05, 4.69) is 13.8 Å². The predicted molar refractivity (Wildman–Crippen MR) is 129 cm³/mol. The van der Waals surface area contributed by atoms with E-state index < -0.39 is 11.6 Å². The highest BCUT2D eigenvalue weighted by molar-refractivity contribution is 7.22. The van der Waals surface area contributed by atoms with Crippen molar-refractivity contribution in [2.24, 2.45) is 0 Å². The van der Waals surface area contributed by atoms with Gasteiger partial charge in [-0.2, -0.15) is 0 Å². The highest BCUT2D eigenvalue weighted by Crippen LogP contribution is 2.43. The lowest BCUT2D eigenvalue weighted by molar-refractivity contribution is 0.0480. The molecule has 0 aliphatic heterocycles. The minimum absolute atomic E-state index is 0.0941. The van der Waals surface area contributed by atoms with Gasteiger partial charge in [0.1, 0.15) is 27.8 Å². The first-order valence-corrected chi connectivity index (χ1v) is 11.5. The molecule has 0 bridgehead atoms. The average Bonchev–Trinajstić information content (AvgIpc) is 3.08. The van der Waals surface area contributed by atoms with Gasteiger partial charge >= 0.3 is 11.6 Å². The molecule has 0 N–H and O–H groups in total. The lowest BCUT2D eigenvalue weighted by Gasteiger charge is -2.13. The molecule has 4 aromatic rings. The number of carbonyl (C=O) groups is 1. The zero-order chi connectivity index (χ0) is 23.2. The minimum atomic E-state index is -0.594. The molecule has 2 heterocycles. The number of carbonyl (C=O) groups excluding carboxylic acids is 1. The number of aryl methyl sites for hydroxylation is 1. The Morgan fingerprint density at radius 1 is 1.12 bits per heavy atom. The number of benzene rings is 2. The van der Waals surface area contributed by atoms with Crippen molar-refractivity contribution in [1.29, 1.82) is 0 Å². The van der Waals surface area contributed by atoms with Crippen molar-refractivity contribution in [3.05, 3.63) is 72.4 Å².